The Bertz CT molecular complexity index is 503. The predicted molar refractivity (Wildman–Crippen MR) is 82.3 cm³/mol. The Kier molecular flexibility index (Phi) is 6.53. The molecule has 0 aliphatic carbocycles. The molecule has 1 aromatic carbocycles. The molecular formula is C16H24O8. The number of benzene rings is 1. The van der Waals surface area contributed by atoms with Crippen molar-refractivity contribution >= 4 is 0 Å². The summed E-state index contributed by atoms with van der Waals surface area (Å²) < 4.78 is 16.0. The second kappa shape index (κ2) is 8.21. The van der Waals surface area contributed by atoms with Gasteiger partial charge in [-0.3, -0.25) is 0 Å². The van der Waals surface area contributed by atoms with E-state index >= 15 is 0 Å². The summed E-state index contributed by atoms with van der Waals surface area (Å²) in [6.07, 6.45) is -8.70. The Hall–Kier alpha value is -1.26. The summed E-state index contributed by atoms with van der Waals surface area (Å²) in [7, 11) is 1.53. The molecule has 0 aromatic heterocycles. The minimum absolute atomic E-state index is 0.549. The topological polar surface area (TPSA) is 129 Å². The molecule has 1 aliphatic rings. The number of hydrogen-bond acceptors (Lipinski definition) is 8. The van der Waals surface area contributed by atoms with Crippen LogP contribution in [0.5, 0.6) is 5.75 Å². The molecule has 8 heteroatoms. The molecule has 1 aliphatic heterocycles. The lowest BCUT2D eigenvalue weighted by molar-refractivity contribution is -0.317. The van der Waals surface area contributed by atoms with Gasteiger partial charge in [0.15, 0.2) is 6.29 Å². The third-order valence-electron chi connectivity index (χ3n) is 4.01. The van der Waals surface area contributed by atoms with E-state index in [1.54, 1.807) is 24.3 Å². The highest BCUT2D eigenvalue weighted by atomic mass is 16.7. The quantitative estimate of drug-likeness (QED) is 0.441. The zero-order chi connectivity index (χ0) is 17.9. The first-order valence-corrected chi connectivity index (χ1v) is 7.67. The molecule has 1 saturated heterocycles. The number of aliphatic hydroxyl groups excluding tert-OH is 5. The Morgan fingerprint density at radius 1 is 1.08 bits per heavy atom. The highest BCUT2D eigenvalue weighted by molar-refractivity contribution is 5.29. The van der Waals surface area contributed by atoms with Gasteiger partial charge in [-0.1, -0.05) is 12.1 Å². The van der Waals surface area contributed by atoms with Crippen LogP contribution < -0.4 is 4.74 Å². The fraction of sp³-hybridized carbons (Fsp3) is 0.625. The van der Waals surface area contributed by atoms with Crippen molar-refractivity contribution in [2.45, 2.75) is 49.8 Å². The molecule has 8 nitrogen and oxygen atoms in total. The second-order valence-electron chi connectivity index (χ2n) is 5.77. The molecular weight excluding hydrogens is 320 g/mol. The standard InChI is InChI=1S/C16H24O8/c1-8(18)15(9-3-5-10(22-2)6-4-9)24-16-14(21)13(20)12(19)11(7-17)23-16/h3-6,8,11-21H,7H2,1-2H3/t8-,11+,12-,13-,14+,15-,16+/m1/s1. The van der Waals surface area contributed by atoms with Crippen molar-refractivity contribution < 1.29 is 39.7 Å². The smallest absolute Gasteiger partial charge is 0.187 e. The van der Waals surface area contributed by atoms with Crippen molar-refractivity contribution in [1.82, 2.24) is 0 Å². The SMILES string of the molecule is COc1ccc([C@H](O[C@@H]2O[C@@H](CO)[C@@H](O)[C@@H](O)[C@@H]2O)[C@@H](C)O)cc1. The molecule has 7 atom stereocenters. The third kappa shape index (κ3) is 4.04. The van der Waals surface area contributed by atoms with E-state index in [2.05, 4.69) is 0 Å². The fourth-order valence-electron chi connectivity index (χ4n) is 2.59. The van der Waals surface area contributed by atoms with Crippen LogP contribution in [0.1, 0.15) is 18.6 Å². The molecule has 0 radical (unpaired) electrons. The zero-order valence-corrected chi connectivity index (χ0v) is 13.5. The van der Waals surface area contributed by atoms with Crippen molar-refractivity contribution in [2.75, 3.05) is 13.7 Å². The van der Waals surface area contributed by atoms with E-state index in [1.165, 1.54) is 14.0 Å². The van der Waals surface area contributed by atoms with Crippen LogP contribution in [0.4, 0.5) is 0 Å². The summed E-state index contributed by atoms with van der Waals surface area (Å²) in [5.74, 6) is 0.635. The first-order chi connectivity index (χ1) is 11.4. The fourth-order valence-corrected chi connectivity index (χ4v) is 2.59. The van der Waals surface area contributed by atoms with Crippen LogP contribution in [-0.2, 0) is 9.47 Å². The van der Waals surface area contributed by atoms with E-state index in [0.29, 0.717) is 11.3 Å². The normalized spacial score (nSPS) is 33.0. The van der Waals surface area contributed by atoms with Gasteiger partial charge in [0.05, 0.1) is 19.8 Å². The minimum atomic E-state index is -1.54. The highest BCUT2D eigenvalue weighted by Gasteiger charge is 2.45. The Morgan fingerprint density at radius 2 is 1.71 bits per heavy atom. The summed E-state index contributed by atoms with van der Waals surface area (Å²) in [4.78, 5) is 0. The van der Waals surface area contributed by atoms with E-state index in [1.807, 2.05) is 0 Å². The van der Waals surface area contributed by atoms with Gasteiger partial charge in [-0.15, -0.1) is 0 Å². The number of methoxy groups -OCH3 is 1. The minimum Gasteiger partial charge on any atom is -0.497 e. The van der Waals surface area contributed by atoms with Crippen molar-refractivity contribution in [3.63, 3.8) is 0 Å². The van der Waals surface area contributed by atoms with Crippen LogP contribution in [0.3, 0.4) is 0 Å². The lowest BCUT2D eigenvalue weighted by Crippen LogP contribution is -2.59. The average molecular weight is 344 g/mol. The van der Waals surface area contributed by atoms with Crippen molar-refractivity contribution in [2.24, 2.45) is 0 Å². The van der Waals surface area contributed by atoms with Gasteiger partial charge in [-0.05, 0) is 24.6 Å². The number of rotatable bonds is 6. The predicted octanol–water partition coefficient (Wildman–Crippen LogP) is -1.07. The molecule has 0 amide bonds. The first-order valence-electron chi connectivity index (χ1n) is 7.67. The summed E-state index contributed by atoms with van der Waals surface area (Å²) in [5.41, 5.74) is 0.614. The van der Waals surface area contributed by atoms with E-state index in [0.717, 1.165) is 0 Å². The zero-order valence-electron chi connectivity index (χ0n) is 13.5. The summed E-state index contributed by atoms with van der Waals surface area (Å²) in [5, 5.41) is 48.8. The van der Waals surface area contributed by atoms with Gasteiger partial charge < -0.3 is 39.7 Å². The van der Waals surface area contributed by atoms with Crippen LogP contribution in [0.25, 0.3) is 0 Å². The second-order valence-corrected chi connectivity index (χ2v) is 5.77. The van der Waals surface area contributed by atoms with Crippen molar-refractivity contribution in [3.8, 4) is 5.75 Å². The molecule has 1 heterocycles. The maximum atomic E-state index is 10.0. The summed E-state index contributed by atoms with van der Waals surface area (Å²) >= 11 is 0. The average Bonchev–Trinajstić information content (AvgIpc) is 2.59. The van der Waals surface area contributed by atoms with Gasteiger partial charge in [0, 0.05) is 0 Å². The molecule has 1 fully saturated rings. The molecule has 0 bridgehead atoms. The van der Waals surface area contributed by atoms with Gasteiger partial charge in [0.2, 0.25) is 0 Å². The molecule has 2 rings (SSSR count). The van der Waals surface area contributed by atoms with Crippen LogP contribution >= 0.6 is 0 Å². The summed E-state index contributed by atoms with van der Waals surface area (Å²) in [6, 6.07) is 6.78. The summed E-state index contributed by atoms with van der Waals surface area (Å²) in [6.45, 7) is 0.964. The van der Waals surface area contributed by atoms with Gasteiger partial charge in [-0.25, -0.2) is 0 Å². The maximum absolute atomic E-state index is 10.0. The van der Waals surface area contributed by atoms with Crippen molar-refractivity contribution in [1.29, 1.82) is 0 Å². The number of aliphatic hydroxyl groups is 5. The maximum Gasteiger partial charge on any atom is 0.187 e. The lowest BCUT2D eigenvalue weighted by Gasteiger charge is -2.41. The molecule has 136 valence electrons. The first kappa shape index (κ1) is 19.1. The molecule has 5 N–H and O–H groups in total. The van der Waals surface area contributed by atoms with Gasteiger partial charge in [0.25, 0.3) is 0 Å². The molecule has 0 spiro atoms. The Morgan fingerprint density at radius 3 is 2.21 bits per heavy atom. The van der Waals surface area contributed by atoms with E-state index in [9.17, 15) is 25.5 Å². The van der Waals surface area contributed by atoms with Crippen LogP contribution in [0.2, 0.25) is 0 Å². The monoisotopic (exact) mass is 344 g/mol. The molecule has 24 heavy (non-hydrogen) atoms. The van der Waals surface area contributed by atoms with Crippen LogP contribution in [0, 0.1) is 0 Å². The Labute approximate surface area is 139 Å². The van der Waals surface area contributed by atoms with Gasteiger partial charge in [0.1, 0.15) is 36.3 Å². The number of hydrogen-bond donors (Lipinski definition) is 5. The third-order valence-corrected chi connectivity index (χ3v) is 4.01. The largest absolute Gasteiger partial charge is 0.497 e. The molecule has 0 unspecified atom stereocenters. The van der Waals surface area contributed by atoms with Gasteiger partial charge in [-0.2, -0.15) is 0 Å². The van der Waals surface area contributed by atoms with E-state index in [4.69, 9.17) is 14.2 Å². The highest BCUT2D eigenvalue weighted by Crippen LogP contribution is 2.30. The van der Waals surface area contributed by atoms with E-state index < -0.39 is 49.5 Å². The van der Waals surface area contributed by atoms with Crippen molar-refractivity contribution in [3.05, 3.63) is 29.8 Å². The van der Waals surface area contributed by atoms with Crippen LogP contribution in [-0.4, -0.2) is 76.1 Å². The van der Waals surface area contributed by atoms with Gasteiger partial charge >= 0.3 is 0 Å². The number of ether oxygens (including phenoxy) is 3. The Balaban J connectivity index is 2.17. The van der Waals surface area contributed by atoms with Crippen LogP contribution in [0.15, 0.2) is 24.3 Å². The molecule has 1 aromatic rings. The lowest BCUT2D eigenvalue weighted by atomic mass is 9.99. The van der Waals surface area contributed by atoms with E-state index in [-0.39, 0.29) is 0 Å². The molecule has 0 saturated carbocycles.